The van der Waals surface area contributed by atoms with Crippen LogP contribution in [0.1, 0.15) is 78.8 Å². The van der Waals surface area contributed by atoms with Gasteiger partial charge in [-0.1, -0.05) is 24.4 Å². The Hall–Kier alpha value is -2.11. The summed E-state index contributed by atoms with van der Waals surface area (Å²) >= 11 is 0. The van der Waals surface area contributed by atoms with Gasteiger partial charge in [-0.05, 0) is 37.7 Å². The summed E-state index contributed by atoms with van der Waals surface area (Å²) in [4.78, 5) is 22.6. The molecule has 2 fully saturated rings. The van der Waals surface area contributed by atoms with E-state index in [4.69, 9.17) is 4.52 Å². The molecule has 1 amide bonds. The van der Waals surface area contributed by atoms with Crippen molar-refractivity contribution >= 4 is 5.91 Å². The third-order valence-electron chi connectivity index (χ3n) is 5.21. The van der Waals surface area contributed by atoms with Crippen molar-refractivity contribution in [2.45, 2.75) is 56.9 Å². The second kappa shape index (κ2) is 6.18. The Morgan fingerprint density at radius 2 is 2.13 bits per heavy atom. The smallest absolute Gasteiger partial charge is 0.256 e. The number of hydrogen-bond donors (Lipinski definition) is 1. The molecule has 2 aromatic rings. The van der Waals surface area contributed by atoms with E-state index in [0.717, 1.165) is 43.5 Å². The van der Waals surface area contributed by atoms with Gasteiger partial charge in [0.25, 0.3) is 5.91 Å². The maximum absolute atomic E-state index is 13.2. The molecule has 1 saturated heterocycles. The maximum atomic E-state index is 13.2. The lowest BCUT2D eigenvalue weighted by molar-refractivity contribution is 0.0668. The highest BCUT2D eigenvalue weighted by molar-refractivity contribution is 5.96. The lowest BCUT2D eigenvalue weighted by atomic mass is 9.81. The van der Waals surface area contributed by atoms with Crippen molar-refractivity contribution in [3.8, 4) is 0 Å². The van der Waals surface area contributed by atoms with Gasteiger partial charge in [-0.25, -0.2) is 0 Å². The minimum Gasteiger partial charge on any atom is -0.364 e. The molecule has 3 heterocycles. The highest BCUT2D eigenvalue weighted by Gasteiger charge is 2.33. The predicted molar refractivity (Wildman–Crippen MR) is 83.9 cm³/mol. The van der Waals surface area contributed by atoms with E-state index in [1.165, 1.54) is 25.7 Å². The van der Waals surface area contributed by atoms with E-state index in [1.807, 2.05) is 17.2 Å². The molecule has 122 valence electrons. The van der Waals surface area contributed by atoms with Gasteiger partial charge in [0.1, 0.15) is 0 Å². The molecule has 4 rings (SSSR count). The Morgan fingerprint density at radius 3 is 2.87 bits per heavy atom. The number of rotatable bonds is 3. The molecule has 0 radical (unpaired) electrons. The number of aromatic amines is 1. The first-order chi connectivity index (χ1) is 11.3. The Kier molecular flexibility index (Phi) is 3.89. The van der Waals surface area contributed by atoms with E-state index in [9.17, 15) is 4.79 Å². The number of likely N-dealkylation sites (tertiary alicyclic amines) is 1. The first-order valence-corrected chi connectivity index (χ1v) is 8.59. The second-order valence-corrected chi connectivity index (χ2v) is 6.59. The van der Waals surface area contributed by atoms with Crippen LogP contribution in [0.25, 0.3) is 0 Å². The van der Waals surface area contributed by atoms with Crippen LogP contribution in [0.2, 0.25) is 0 Å². The van der Waals surface area contributed by atoms with Crippen molar-refractivity contribution in [1.82, 2.24) is 20.0 Å². The quantitative estimate of drug-likeness (QED) is 0.942. The van der Waals surface area contributed by atoms with Gasteiger partial charge in [0.05, 0.1) is 11.6 Å². The van der Waals surface area contributed by atoms with Crippen molar-refractivity contribution in [2.24, 2.45) is 0 Å². The topological polar surface area (TPSA) is 75.0 Å². The number of carbonyl (C=O) groups excluding carboxylic acids is 1. The Balaban J connectivity index is 1.63. The van der Waals surface area contributed by atoms with Crippen LogP contribution in [-0.2, 0) is 0 Å². The minimum absolute atomic E-state index is 0.0760. The molecule has 1 aliphatic heterocycles. The summed E-state index contributed by atoms with van der Waals surface area (Å²) in [6.07, 6.45) is 11.0. The van der Waals surface area contributed by atoms with E-state index >= 15 is 0 Å². The van der Waals surface area contributed by atoms with Gasteiger partial charge in [-0.2, -0.15) is 4.98 Å². The van der Waals surface area contributed by atoms with Crippen molar-refractivity contribution < 1.29 is 9.32 Å². The zero-order valence-electron chi connectivity index (χ0n) is 13.2. The van der Waals surface area contributed by atoms with Gasteiger partial charge in [0.2, 0.25) is 6.39 Å². The van der Waals surface area contributed by atoms with Gasteiger partial charge in [-0.15, -0.1) is 0 Å². The molecule has 6 nitrogen and oxygen atoms in total. The average molecular weight is 314 g/mol. The molecule has 0 bridgehead atoms. The molecule has 1 atom stereocenters. The van der Waals surface area contributed by atoms with Crippen molar-refractivity contribution in [3.05, 3.63) is 35.7 Å². The number of H-pyrrole nitrogens is 1. The summed E-state index contributed by atoms with van der Waals surface area (Å²) in [7, 11) is 0. The van der Waals surface area contributed by atoms with Crippen LogP contribution >= 0.6 is 0 Å². The monoisotopic (exact) mass is 314 g/mol. The summed E-state index contributed by atoms with van der Waals surface area (Å²) in [5, 5.41) is 3.99. The molecule has 1 saturated carbocycles. The molecule has 0 aromatic carbocycles. The van der Waals surface area contributed by atoms with Crippen LogP contribution in [0.5, 0.6) is 0 Å². The summed E-state index contributed by atoms with van der Waals surface area (Å²) < 4.78 is 4.91. The van der Waals surface area contributed by atoms with Gasteiger partial charge in [0.15, 0.2) is 5.82 Å². The summed E-state index contributed by atoms with van der Waals surface area (Å²) in [5.74, 6) is 1.24. The summed E-state index contributed by atoms with van der Waals surface area (Å²) in [6, 6.07) is 1.85. The molecule has 1 aliphatic carbocycles. The Labute approximate surface area is 135 Å². The third kappa shape index (κ3) is 2.66. The van der Waals surface area contributed by atoms with Crippen LogP contribution in [0.4, 0.5) is 0 Å². The predicted octanol–water partition coefficient (Wildman–Crippen LogP) is 3.42. The number of nitrogens with one attached hydrogen (secondary N) is 1. The van der Waals surface area contributed by atoms with Crippen LogP contribution in [0.3, 0.4) is 0 Å². The highest BCUT2D eigenvalue weighted by atomic mass is 16.5. The van der Waals surface area contributed by atoms with Crippen LogP contribution in [-0.4, -0.2) is 32.5 Å². The molecule has 2 aromatic heterocycles. The van der Waals surface area contributed by atoms with Crippen LogP contribution < -0.4 is 0 Å². The third-order valence-corrected chi connectivity index (χ3v) is 5.21. The molecular formula is C17H22N4O2. The van der Waals surface area contributed by atoms with E-state index in [1.54, 1.807) is 0 Å². The standard InChI is InChI=1S/C17H22N4O2/c22-17(13-8-9-18-15(13)12-5-4-6-12)21-10-3-1-2-7-14(21)16-19-11-23-20-16/h8-9,11-12,14,18H,1-7,10H2. The largest absolute Gasteiger partial charge is 0.364 e. The fourth-order valence-electron chi connectivity index (χ4n) is 3.70. The van der Waals surface area contributed by atoms with Crippen molar-refractivity contribution in [2.75, 3.05) is 6.54 Å². The fourth-order valence-corrected chi connectivity index (χ4v) is 3.70. The molecule has 23 heavy (non-hydrogen) atoms. The second-order valence-electron chi connectivity index (χ2n) is 6.59. The first kappa shape index (κ1) is 14.5. The Morgan fingerprint density at radius 1 is 1.22 bits per heavy atom. The zero-order valence-corrected chi connectivity index (χ0v) is 13.2. The van der Waals surface area contributed by atoms with Gasteiger partial charge >= 0.3 is 0 Å². The van der Waals surface area contributed by atoms with E-state index < -0.39 is 0 Å². The fraction of sp³-hybridized carbons (Fsp3) is 0.588. The van der Waals surface area contributed by atoms with Crippen molar-refractivity contribution in [3.63, 3.8) is 0 Å². The first-order valence-electron chi connectivity index (χ1n) is 8.59. The normalized spacial score (nSPS) is 22.6. The molecule has 1 N–H and O–H groups in total. The van der Waals surface area contributed by atoms with Gasteiger partial charge < -0.3 is 14.4 Å². The van der Waals surface area contributed by atoms with E-state index in [2.05, 4.69) is 15.1 Å². The van der Waals surface area contributed by atoms with Gasteiger partial charge in [0, 0.05) is 18.4 Å². The number of hydrogen-bond acceptors (Lipinski definition) is 4. The minimum atomic E-state index is -0.0760. The zero-order chi connectivity index (χ0) is 15.6. The molecule has 1 unspecified atom stereocenters. The van der Waals surface area contributed by atoms with E-state index in [-0.39, 0.29) is 11.9 Å². The number of aromatic nitrogens is 3. The molecule has 0 spiro atoms. The Bertz CT molecular complexity index is 660. The lowest BCUT2D eigenvalue weighted by Crippen LogP contribution is -2.36. The van der Waals surface area contributed by atoms with Crippen LogP contribution in [0.15, 0.2) is 23.2 Å². The number of carbonyl (C=O) groups is 1. The van der Waals surface area contributed by atoms with Gasteiger partial charge in [-0.3, -0.25) is 4.79 Å². The number of nitrogens with zero attached hydrogens (tertiary/aromatic N) is 3. The van der Waals surface area contributed by atoms with Crippen LogP contribution in [0, 0.1) is 0 Å². The highest BCUT2D eigenvalue weighted by Crippen LogP contribution is 2.38. The van der Waals surface area contributed by atoms with Crippen molar-refractivity contribution in [1.29, 1.82) is 0 Å². The maximum Gasteiger partial charge on any atom is 0.256 e. The molecular weight excluding hydrogens is 292 g/mol. The summed E-state index contributed by atoms with van der Waals surface area (Å²) in [5.41, 5.74) is 1.93. The molecule has 6 heteroatoms. The summed E-state index contributed by atoms with van der Waals surface area (Å²) in [6.45, 7) is 0.757. The number of amides is 1. The average Bonchev–Trinajstić information content (AvgIpc) is 3.13. The lowest BCUT2D eigenvalue weighted by Gasteiger charge is -2.30. The van der Waals surface area contributed by atoms with E-state index in [0.29, 0.717) is 11.7 Å². The molecule has 2 aliphatic rings. The SMILES string of the molecule is O=C(c1cc[nH]c1C1CCC1)N1CCCCCC1c1ncon1.